The highest BCUT2D eigenvalue weighted by molar-refractivity contribution is 6.96. The number of allylic oxidation sites excluding steroid dienone is 6. The first-order chi connectivity index (χ1) is 35.7. The van der Waals surface area contributed by atoms with E-state index in [1.165, 1.54) is 93.8 Å². The van der Waals surface area contributed by atoms with Crippen LogP contribution >= 0.6 is 0 Å². The van der Waals surface area contributed by atoms with Gasteiger partial charge in [0, 0.05) is 22.1 Å². The molecule has 4 aliphatic rings. The number of nitrogens with zero attached hydrogens (tertiary/aromatic N) is 4. The molecule has 11 rings (SSSR count). The van der Waals surface area contributed by atoms with E-state index < -0.39 is 0 Å². The van der Waals surface area contributed by atoms with Gasteiger partial charge in [0.2, 0.25) is 13.4 Å². The second-order valence-electron chi connectivity index (χ2n) is 27.0. The van der Waals surface area contributed by atoms with Crippen LogP contribution in [0.25, 0.3) is 27.5 Å². The van der Waals surface area contributed by atoms with Crippen molar-refractivity contribution in [2.45, 2.75) is 153 Å². The van der Waals surface area contributed by atoms with Gasteiger partial charge in [0.1, 0.15) is 11.6 Å². The van der Waals surface area contributed by atoms with E-state index in [-0.39, 0.29) is 47.0 Å². The lowest BCUT2D eigenvalue weighted by atomic mass is 9.28. The fourth-order valence-electron chi connectivity index (χ4n) is 13.3. The third-order valence-corrected chi connectivity index (χ3v) is 17.4. The number of fused-ring (bicyclic) bond motifs is 4. The zero-order chi connectivity index (χ0) is 54.5. The van der Waals surface area contributed by atoms with Crippen molar-refractivity contribution in [1.82, 2.24) is 4.57 Å². The van der Waals surface area contributed by atoms with Gasteiger partial charge < -0.3 is 4.57 Å². The van der Waals surface area contributed by atoms with Crippen LogP contribution in [0.3, 0.4) is 0 Å². The maximum absolute atomic E-state index is 17.3. The number of aryl methyl sites for hydroxylation is 2. The largest absolute Gasteiger partial charge is 0.340 e. The van der Waals surface area contributed by atoms with Crippen molar-refractivity contribution in [1.29, 1.82) is 0 Å². The molecule has 3 aliphatic heterocycles. The van der Waals surface area contributed by atoms with Crippen LogP contribution < -0.4 is 31.1 Å². The third kappa shape index (κ3) is 7.99. The molecule has 0 spiro atoms. The number of para-hydroxylation sites is 2. The first kappa shape index (κ1) is 51.4. The molecule has 2 amide bonds. The summed E-state index contributed by atoms with van der Waals surface area (Å²) in [6.45, 7) is 41.2. The molecule has 1 atom stereocenters. The number of benzene rings is 6. The molecule has 6 aromatic carbocycles. The Morgan fingerprint density at radius 2 is 0.987 bits per heavy atom. The molecule has 4 heterocycles. The normalized spacial score (nSPS) is 17.4. The molecule has 0 saturated carbocycles. The second kappa shape index (κ2) is 17.7. The summed E-state index contributed by atoms with van der Waals surface area (Å²) < 4.78 is 2.52. The first-order valence-electron chi connectivity index (χ1n) is 27.9. The van der Waals surface area contributed by atoms with Gasteiger partial charge in [-0.2, -0.15) is 0 Å². The summed E-state index contributed by atoms with van der Waals surface area (Å²) in [6, 6.07) is 43.3. The van der Waals surface area contributed by atoms with Crippen LogP contribution in [0.4, 0.5) is 21.9 Å². The molecular formula is C69H78B2N4O. The van der Waals surface area contributed by atoms with Gasteiger partial charge in [-0.05, 0) is 150 Å². The number of anilines is 3. The molecule has 7 heteroatoms. The number of hydrogen-bond acceptors (Lipinski definition) is 2. The van der Waals surface area contributed by atoms with Crippen LogP contribution in [0, 0.1) is 19.8 Å². The minimum atomic E-state index is -0.191. The molecule has 1 fully saturated rings. The van der Waals surface area contributed by atoms with Gasteiger partial charge in [-0.3, -0.25) is 4.90 Å². The van der Waals surface area contributed by atoms with E-state index in [1.54, 1.807) is 0 Å². The molecular weight excluding hydrogens is 922 g/mol. The molecule has 76 heavy (non-hydrogen) atoms. The summed E-state index contributed by atoms with van der Waals surface area (Å²) in [5.74, 6) is 2.13. The summed E-state index contributed by atoms with van der Waals surface area (Å²) in [5, 5.41) is 2.50. The lowest BCUT2D eigenvalue weighted by Gasteiger charge is -2.54. The standard InChI is InChI=1S/C69H78B2N4O/c1-41-26-24-27-42(2)59(41)70-45(5)63-73(52-36-47(66(7,8)9)34-48(37-52)67(10,11)12)65(76)74(53-38-49(68(13,14)15)35-50(39-53)69(16,17)18)64-46(6)71(60-43(3)28-25-29-44(60)4)61-58-54-32-22-23-33-56(54)72(51-30-20-19-21-31-51)57(58)40-55(70)62(61)75(63)64/h19-28,30-40,44H,29H2,1-18H3. The topological polar surface area (TPSA) is 31.7 Å². The maximum atomic E-state index is 17.3. The van der Waals surface area contributed by atoms with E-state index in [0.29, 0.717) is 0 Å². The monoisotopic (exact) mass is 1000 g/mol. The molecule has 1 aromatic heterocycles. The average Bonchev–Trinajstić information content (AvgIpc) is 3.67. The molecule has 1 saturated heterocycles. The summed E-state index contributed by atoms with van der Waals surface area (Å²) >= 11 is 0. The van der Waals surface area contributed by atoms with Gasteiger partial charge in [-0.25, -0.2) is 14.6 Å². The molecule has 0 bridgehead atoms. The highest BCUT2D eigenvalue weighted by Gasteiger charge is 2.54. The number of amides is 2. The van der Waals surface area contributed by atoms with Crippen molar-refractivity contribution in [2.24, 2.45) is 5.92 Å². The molecule has 1 unspecified atom stereocenters. The fraction of sp³-hybridized carbons (Fsp3) is 0.348. The summed E-state index contributed by atoms with van der Waals surface area (Å²) in [7, 11) is 0. The number of aromatic nitrogens is 1. The van der Waals surface area contributed by atoms with E-state index in [2.05, 4.69) is 271 Å². The van der Waals surface area contributed by atoms with Crippen LogP contribution in [-0.4, -0.2) is 24.0 Å². The highest BCUT2D eigenvalue weighted by atomic mass is 16.2. The Balaban J connectivity index is 1.40. The maximum Gasteiger partial charge on any atom is 0.340 e. The number of carbonyl (C=O) groups excluding carboxylic acids is 1. The molecule has 0 radical (unpaired) electrons. The Morgan fingerprint density at radius 1 is 0.500 bits per heavy atom. The zero-order valence-electron chi connectivity index (χ0n) is 48.8. The number of carbonyl (C=O) groups is 1. The van der Waals surface area contributed by atoms with Crippen molar-refractivity contribution in [2.75, 3.05) is 14.7 Å². The minimum absolute atomic E-state index is 0.0632. The minimum Gasteiger partial charge on any atom is -0.309 e. The van der Waals surface area contributed by atoms with Crippen LogP contribution in [0.15, 0.2) is 161 Å². The molecule has 386 valence electrons. The third-order valence-electron chi connectivity index (χ3n) is 17.4. The zero-order valence-corrected chi connectivity index (χ0v) is 48.8. The smallest absolute Gasteiger partial charge is 0.309 e. The number of rotatable bonds is 5. The van der Waals surface area contributed by atoms with Crippen LogP contribution in [-0.2, 0) is 21.7 Å². The first-order valence-corrected chi connectivity index (χ1v) is 27.9. The summed E-state index contributed by atoms with van der Waals surface area (Å²) in [5.41, 5.74) is 22.0. The lowest BCUT2D eigenvalue weighted by Crippen LogP contribution is -2.67. The van der Waals surface area contributed by atoms with Crippen LogP contribution in [0.2, 0.25) is 0 Å². The van der Waals surface area contributed by atoms with Crippen LogP contribution in [0.5, 0.6) is 0 Å². The SMILES string of the molecule is CC1=C(B2C(C)=C3N(c4cc(C(C)(C)C)cc(C(C)(C)C)c4)C(=O)N(c4cc(C(C)(C)C)cc(C(C)(C)C)c4)C4=C(C)B(c5c(C)cccc5C)c5cc6c(c2c5N43)c2ccccc2n6-c2ccccc2)C(C)CC=C1. The van der Waals surface area contributed by atoms with Crippen molar-refractivity contribution in [3.63, 3.8) is 0 Å². The Kier molecular flexibility index (Phi) is 11.9. The van der Waals surface area contributed by atoms with Crippen molar-refractivity contribution < 1.29 is 4.79 Å². The van der Waals surface area contributed by atoms with Gasteiger partial charge >= 0.3 is 6.03 Å². The van der Waals surface area contributed by atoms with E-state index in [4.69, 9.17) is 0 Å². The summed E-state index contributed by atoms with van der Waals surface area (Å²) in [6.07, 6.45) is 5.67. The van der Waals surface area contributed by atoms with Gasteiger partial charge in [0.05, 0.1) is 22.4 Å². The Labute approximate surface area is 455 Å². The Bertz CT molecular complexity index is 3640. The van der Waals surface area contributed by atoms with Gasteiger partial charge in [-0.1, -0.05) is 207 Å². The van der Waals surface area contributed by atoms with Gasteiger partial charge in [0.25, 0.3) is 0 Å². The van der Waals surface area contributed by atoms with E-state index in [0.717, 1.165) is 40.6 Å². The van der Waals surface area contributed by atoms with Gasteiger partial charge in [-0.15, -0.1) is 0 Å². The summed E-state index contributed by atoms with van der Waals surface area (Å²) in [4.78, 5) is 24.2. The Hall–Kier alpha value is -6.72. The number of hydrogen-bond donors (Lipinski definition) is 0. The predicted molar refractivity (Wildman–Crippen MR) is 329 cm³/mol. The fourth-order valence-corrected chi connectivity index (χ4v) is 13.3. The molecule has 0 N–H and O–H groups in total. The predicted octanol–water partition coefficient (Wildman–Crippen LogP) is 15.9. The van der Waals surface area contributed by atoms with Crippen molar-refractivity contribution in [3.05, 3.63) is 194 Å². The second-order valence-corrected chi connectivity index (χ2v) is 27.0. The lowest BCUT2D eigenvalue weighted by molar-refractivity contribution is 0.252. The van der Waals surface area contributed by atoms with E-state index in [9.17, 15) is 0 Å². The molecule has 7 aromatic rings. The van der Waals surface area contributed by atoms with Gasteiger partial charge in [0.15, 0.2) is 0 Å². The Morgan fingerprint density at radius 3 is 1.49 bits per heavy atom. The van der Waals surface area contributed by atoms with E-state index in [1.807, 2.05) is 0 Å². The highest BCUT2D eigenvalue weighted by Crippen LogP contribution is 2.51. The molecule has 1 aliphatic carbocycles. The number of urea groups is 1. The van der Waals surface area contributed by atoms with Crippen molar-refractivity contribution in [3.8, 4) is 5.69 Å². The molecule has 5 nitrogen and oxygen atoms in total. The average molecular weight is 1000 g/mol. The van der Waals surface area contributed by atoms with E-state index >= 15 is 4.79 Å². The quantitative estimate of drug-likeness (QED) is 0.161. The van der Waals surface area contributed by atoms with Crippen molar-refractivity contribution >= 4 is 74.7 Å². The van der Waals surface area contributed by atoms with Crippen LogP contribution in [0.1, 0.15) is 151 Å².